The van der Waals surface area contributed by atoms with Gasteiger partial charge in [0.25, 0.3) is 0 Å². The normalized spacial score (nSPS) is 17.1. The van der Waals surface area contributed by atoms with Crippen molar-refractivity contribution >= 4 is 11.4 Å². The van der Waals surface area contributed by atoms with Crippen molar-refractivity contribution in [3.63, 3.8) is 0 Å². The lowest BCUT2D eigenvalue weighted by Crippen LogP contribution is -2.15. The lowest BCUT2D eigenvalue weighted by atomic mass is 9.84. The first kappa shape index (κ1) is 21.1. The molecule has 29 heavy (non-hydrogen) atoms. The summed E-state index contributed by atoms with van der Waals surface area (Å²) in [5.74, 6) is 1.37. The highest BCUT2D eigenvalue weighted by molar-refractivity contribution is 5.96. The number of nitrogens with zero attached hydrogens (tertiary/aromatic N) is 1. The molecule has 0 aliphatic heterocycles. The molecular formula is C26H31NO2. The molecule has 0 saturated heterocycles. The number of carbonyl (C=O) groups is 1. The zero-order valence-corrected chi connectivity index (χ0v) is 17.7. The fourth-order valence-corrected chi connectivity index (χ4v) is 3.78. The molecule has 1 aromatic rings. The fourth-order valence-electron chi connectivity index (χ4n) is 3.78. The van der Waals surface area contributed by atoms with E-state index >= 15 is 0 Å². The molecule has 0 heterocycles. The Morgan fingerprint density at radius 2 is 1.83 bits per heavy atom. The lowest BCUT2D eigenvalue weighted by molar-refractivity contribution is -0.113. The van der Waals surface area contributed by atoms with Crippen molar-refractivity contribution in [2.75, 3.05) is 27.2 Å². The van der Waals surface area contributed by atoms with Gasteiger partial charge in [0.2, 0.25) is 0 Å². The van der Waals surface area contributed by atoms with Gasteiger partial charge in [0.1, 0.15) is 5.75 Å². The summed E-state index contributed by atoms with van der Waals surface area (Å²) in [6.45, 7) is 3.94. The number of rotatable bonds is 9. The Morgan fingerprint density at radius 1 is 1.10 bits per heavy atom. The molecule has 1 aromatic carbocycles. The van der Waals surface area contributed by atoms with Gasteiger partial charge in [-0.1, -0.05) is 61.1 Å². The summed E-state index contributed by atoms with van der Waals surface area (Å²) in [4.78, 5) is 13.9. The molecule has 0 amide bonds. The second kappa shape index (κ2) is 10.2. The summed E-state index contributed by atoms with van der Waals surface area (Å²) in [5, 5.41) is 0. The van der Waals surface area contributed by atoms with Crippen molar-refractivity contribution < 1.29 is 9.53 Å². The maximum absolute atomic E-state index is 11.7. The summed E-state index contributed by atoms with van der Waals surface area (Å²) in [6.07, 6.45) is 16.8. The molecular weight excluding hydrogens is 358 g/mol. The first-order chi connectivity index (χ1) is 14.1. The molecule has 0 fully saturated rings. The largest absolute Gasteiger partial charge is 0.494 e. The predicted octanol–water partition coefficient (Wildman–Crippen LogP) is 5.38. The van der Waals surface area contributed by atoms with E-state index in [0.717, 1.165) is 30.7 Å². The van der Waals surface area contributed by atoms with Gasteiger partial charge in [0, 0.05) is 18.9 Å². The Hall–Kier alpha value is -2.65. The number of allylic oxidation sites excluding steroid dienone is 10. The van der Waals surface area contributed by atoms with Crippen LogP contribution in [0.3, 0.4) is 0 Å². The smallest absolute Gasteiger partial charge is 0.159 e. The molecule has 3 nitrogen and oxygen atoms in total. The van der Waals surface area contributed by atoms with Gasteiger partial charge in [0.15, 0.2) is 5.78 Å². The Labute approximate surface area is 174 Å². The van der Waals surface area contributed by atoms with Crippen LogP contribution in [0, 0.1) is 5.92 Å². The third-order valence-corrected chi connectivity index (χ3v) is 5.27. The van der Waals surface area contributed by atoms with Gasteiger partial charge in [0.05, 0.1) is 6.61 Å². The quantitative estimate of drug-likeness (QED) is 0.531. The van der Waals surface area contributed by atoms with Crippen molar-refractivity contribution in [2.45, 2.75) is 26.2 Å². The second-order valence-electron chi connectivity index (χ2n) is 7.74. The number of benzene rings is 1. The number of ether oxygens (including phenoxy) is 1. The van der Waals surface area contributed by atoms with Crippen LogP contribution >= 0.6 is 0 Å². The van der Waals surface area contributed by atoms with E-state index in [1.54, 1.807) is 6.08 Å². The van der Waals surface area contributed by atoms with E-state index in [-0.39, 0.29) is 5.78 Å². The summed E-state index contributed by atoms with van der Waals surface area (Å²) >= 11 is 0. The Kier molecular flexibility index (Phi) is 7.42. The third kappa shape index (κ3) is 5.68. The molecule has 152 valence electrons. The molecule has 0 N–H and O–H groups in total. The van der Waals surface area contributed by atoms with E-state index in [0.29, 0.717) is 18.9 Å². The molecule has 0 bridgehead atoms. The van der Waals surface area contributed by atoms with Crippen molar-refractivity contribution in [3.8, 4) is 5.75 Å². The van der Waals surface area contributed by atoms with E-state index in [2.05, 4.69) is 80.6 Å². The van der Waals surface area contributed by atoms with Crippen molar-refractivity contribution in [1.29, 1.82) is 0 Å². The zero-order chi connectivity index (χ0) is 20.6. The SMILES string of the molecule is CC/C(=C(\C1=CCC(=O)C=C1)c1ccc(OCCCN(C)C)cc1)C1C=CC=C1. The van der Waals surface area contributed by atoms with Gasteiger partial charge in [-0.3, -0.25) is 4.79 Å². The molecule has 0 radical (unpaired) electrons. The van der Waals surface area contributed by atoms with E-state index < -0.39 is 0 Å². The van der Waals surface area contributed by atoms with E-state index in [1.165, 1.54) is 16.7 Å². The monoisotopic (exact) mass is 389 g/mol. The van der Waals surface area contributed by atoms with E-state index in [4.69, 9.17) is 4.74 Å². The topological polar surface area (TPSA) is 29.5 Å². The van der Waals surface area contributed by atoms with Crippen LogP contribution in [0.15, 0.2) is 77.9 Å². The molecule has 3 heteroatoms. The highest BCUT2D eigenvalue weighted by Crippen LogP contribution is 2.37. The third-order valence-electron chi connectivity index (χ3n) is 5.27. The highest BCUT2D eigenvalue weighted by Gasteiger charge is 2.19. The number of hydrogen-bond donors (Lipinski definition) is 0. The molecule has 0 spiro atoms. The van der Waals surface area contributed by atoms with Crippen LogP contribution in [0.25, 0.3) is 5.57 Å². The van der Waals surface area contributed by atoms with Crippen LogP contribution in [0.2, 0.25) is 0 Å². The maximum atomic E-state index is 11.7. The Balaban J connectivity index is 1.87. The maximum Gasteiger partial charge on any atom is 0.159 e. The number of ketones is 1. The van der Waals surface area contributed by atoms with Gasteiger partial charge in [-0.2, -0.15) is 0 Å². The van der Waals surface area contributed by atoms with Crippen molar-refractivity contribution in [3.05, 3.63) is 83.5 Å². The summed E-state index contributed by atoms with van der Waals surface area (Å²) in [6, 6.07) is 8.38. The van der Waals surface area contributed by atoms with E-state index in [1.807, 2.05) is 6.08 Å². The molecule has 0 atom stereocenters. The Morgan fingerprint density at radius 3 is 2.41 bits per heavy atom. The van der Waals surface area contributed by atoms with Gasteiger partial charge in [-0.25, -0.2) is 0 Å². The van der Waals surface area contributed by atoms with Gasteiger partial charge >= 0.3 is 0 Å². The van der Waals surface area contributed by atoms with Crippen LogP contribution in [0.5, 0.6) is 5.75 Å². The van der Waals surface area contributed by atoms with Gasteiger partial charge < -0.3 is 9.64 Å². The van der Waals surface area contributed by atoms with Crippen LogP contribution in [-0.4, -0.2) is 37.9 Å². The average molecular weight is 390 g/mol. The Bertz CT molecular complexity index is 854. The average Bonchev–Trinajstić information content (AvgIpc) is 3.25. The highest BCUT2D eigenvalue weighted by atomic mass is 16.5. The van der Waals surface area contributed by atoms with Crippen molar-refractivity contribution in [1.82, 2.24) is 4.90 Å². The van der Waals surface area contributed by atoms with Gasteiger partial charge in [-0.15, -0.1) is 0 Å². The van der Waals surface area contributed by atoms with Crippen LogP contribution in [0.1, 0.15) is 31.7 Å². The summed E-state index contributed by atoms with van der Waals surface area (Å²) in [7, 11) is 4.15. The summed E-state index contributed by atoms with van der Waals surface area (Å²) < 4.78 is 5.90. The molecule has 0 unspecified atom stereocenters. The standard InChI is InChI=1S/C26H31NO2/c1-4-25(20-8-5-6-9-20)26(21-10-14-23(28)15-11-21)22-12-16-24(17-13-22)29-19-7-18-27(2)3/h5-6,8-14,16-17,20H,4,7,15,18-19H2,1-3H3/b26-25-. The lowest BCUT2D eigenvalue weighted by Gasteiger charge is -2.21. The molecule has 0 saturated carbocycles. The van der Waals surface area contributed by atoms with Crippen LogP contribution in [-0.2, 0) is 4.79 Å². The molecule has 3 rings (SSSR count). The van der Waals surface area contributed by atoms with E-state index in [9.17, 15) is 4.79 Å². The number of hydrogen-bond acceptors (Lipinski definition) is 3. The summed E-state index contributed by atoms with van der Waals surface area (Å²) in [5.41, 5.74) is 4.91. The minimum Gasteiger partial charge on any atom is -0.494 e. The van der Waals surface area contributed by atoms with Gasteiger partial charge in [-0.05, 0) is 61.9 Å². The fraction of sp³-hybridized carbons (Fsp3) is 0.346. The first-order valence-corrected chi connectivity index (χ1v) is 10.5. The van der Waals surface area contributed by atoms with Crippen LogP contribution < -0.4 is 4.74 Å². The predicted molar refractivity (Wildman–Crippen MR) is 121 cm³/mol. The minimum absolute atomic E-state index is 0.160. The molecule has 2 aliphatic carbocycles. The first-order valence-electron chi connectivity index (χ1n) is 10.5. The number of carbonyl (C=O) groups excluding carboxylic acids is 1. The second-order valence-corrected chi connectivity index (χ2v) is 7.74. The van der Waals surface area contributed by atoms with Crippen LogP contribution in [0.4, 0.5) is 0 Å². The zero-order valence-electron chi connectivity index (χ0n) is 17.7. The molecule has 2 aliphatic rings. The minimum atomic E-state index is 0.160. The van der Waals surface area contributed by atoms with Crippen molar-refractivity contribution in [2.24, 2.45) is 5.92 Å². The molecule has 0 aromatic heterocycles.